The Morgan fingerprint density at radius 1 is 1.15 bits per heavy atom. The number of carbonyl (C=O) groups excluding carboxylic acids is 1. The fraction of sp³-hybridized carbons (Fsp3) is 0.167. The lowest BCUT2D eigenvalue weighted by Gasteiger charge is -2.15. The summed E-state index contributed by atoms with van der Waals surface area (Å²) in [6, 6.07) is 13.3. The molecule has 1 heterocycles. The van der Waals surface area contributed by atoms with Gasteiger partial charge in [0.05, 0.1) is 16.6 Å². The van der Waals surface area contributed by atoms with Crippen molar-refractivity contribution < 1.29 is 13.2 Å². The fourth-order valence-corrected chi connectivity index (χ4v) is 3.16. The van der Waals surface area contributed by atoms with E-state index in [9.17, 15) is 13.2 Å². The van der Waals surface area contributed by atoms with Gasteiger partial charge in [0.25, 0.3) is 5.91 Å². The van der Waals surface area contributed by atoms with Gasteiger partial charge in [-0.2, -0.15) is 5.10 Å². The number of benzene rings is 2. The topological polar surface area (TPSA) is 94.0 Å². The van der Waals surface area contributed by atoms with Crippen molar-refractivity contribution in [3.8, 4) is 5.69 Å². The van der Waals surface area contributed by atoms with Crippen molar-refractivity contribution in [2.24, 2.45) is 0 Å². The molecule has 1 amide bonds. The number of aromatic nitrogens is 3. The van der Waals surface area contributed by atoms with Gasteiger partial charge in [-0.25, -0.2) is 18.1 Å². The first-order valence-corrected chi connectivity index (χ1v) is 9.80. The van der Waals surface area contributed by atoms with Crippen LogP contribution in [0.1, 0.15) is 28.9 Å². The van der Waals surface area contributed by atoms with Crippen molar-refractivity contribution in [3.63, 3.8) is 0 Å². The second kappa shape index (κ2) is 7.09. The number of sulfone groups is 1. The van der Waals surface area contributed by atoms with E-state index in [4.69, 9.17) is 0 Å². The number of hydrogen-bond donors (Lipinski definition) is 1. The van der Waals surface area contributed by atoms with Gasteiger partial charge in [-0.15, -0.1) is 0 Å². The van der Waals surface area contributed by atoms with Gasteiger partial charge in [-0.05, 0) is 42.8 Å². The molecule has 1 N–H and O–H groups in total. The molecular formula is C18H18N4O3S. The second-order valence-corrected chi connectivity index (χ2v) is 7.94. The molecule has 1 aromatic heterocycles. The average Bonchev–Trinajstić information content (AvgIpc) is 3.16. The van der Waals surface area contributed by atoms with Gasteiger partial charge in [0, 0.05) is 11.8 Å². The van der Waals surface area contributed by atoms with Crippen molar-refractivity contribution in [2.75, 3.05) is 6.26 Å². The van der Waals surface area contributed by atoms with E-state index < -0.39 is 9.84 Å². The van der Waals surface area contributed by atoms with Gasteiger partial charge in [-0.3, -0.25) is 4.79 Å². The van der Waals surface area contributed by atoms with Gasteiger partial charge in [0.2, 0.25) is 0 Å². The van der Waals surface area contributed by atoms with E-state index in [0.717, 1.165) is 17.5 Å². The van der Waals surface area contributed by atoms with Crippen LogP contribution in [0.15, 0.2) is 66.1 Å². The van der Waals surface area contributed by atoms with E-state index in [-0.39, 0.29) is 16.8 Å². The lowest BCUT2D eigenvalue weighted by Crippen LogP contribution is -2.26. The van der Waals surface area contributed by atoms with Crippen LogP contribution in [0.3, 0.4) is 0 Å². The van der Waals surface area contributed by atoms with Crippen LogP contribution in [0.2, 0.25) is 0 Å². The van der Waals surface area contributed by atoms with Crippen LogP contribution in [0.25, 0.3) is 5.69 Å². The molecule has 0 saturated heterocycles. The Morgan fingerprint density at radius 2 is 1.88 bits per heavy atom. The highest BCUT2D eigenvalue weighted by molar-refractivity contribution is 7.90. The predicted octanol–water partition coefficient (Wildman–Crippen LogP) is 2.16. The molecule has 0 spiro atoms. The standard InChI is InChI=1S/C18H18N4O3S/c1-13(14-6-8-16(9-7-14)22-12-19-11-20-22)21-18(23)15-4-3-5-17(10-15)26(2,24)25/h3-13H,1-2H3,(H,21,23)/t13-/m0/s1. The van der Waals surface area contributed by atoms with Crippen molar-refractivity contribution in [1.82, 2.24) is 20.1 Å². The normalized spacial score (nSPS) is 12.5. The Kier molecular flexibility index (Phi) is 4.85. The third kappa shape index (κ3) is 3.97. The van der Waals surface area contributed by atoms with E-state index in [1.54, 1.807) is 23.1 Å². The zero-order chi connectivity index (χ0) is 18.7. The highest BCUT2D eigenvalue weighted by Crippen LogP contribution is 2.17. The van der Waals surface area contributed by atoms with E-state index >= 15 is 0 Å². The molecule has 0 aliphatic rings. The lowest BCUT2D eigenvalue weighted by atomic mass is 10.1. The summed E-state index contributed by atoms with van der Waals surface area (Å²) in [5.74, 6) is -0.330. The third-order valence-corrected chi connectivity index (χ3v) is 5.06. The zero-order valence-electron chi connectivity index (χ0n) is 14.3. The van der Waals surface area contributed by atoms with Crippen LogP contribution in [0.5, 0.6) is 0 Å². The Morgan fingerprint density at radius 3 is 2.50 bits per heavy atom. The Bertz CT molecular complexity index is 1010. The smallest absolute Gasteiger partial charge is 0.251 e. The molecule has 26 heavy (non-hydrogen) atoms. The molecular weight excluding hydrogens is 352 g/mol. The van der Waals surface area contributed by atoms with Crippen LogP contribution >= 0.6 is 0 Å². The first-order chi connectivity index (χ1) is 12.3. The molecule has 0 saturated carbocycles. The molecule has 3 rings (SSSR count). The van der Waals surface area contributed by atoms with Gasteiger partial charge >= 0.3 is 0 Å². The predicted molar refractivity (Wildman–Crippen MR) is 96.8 cm³/mol. The number of carbonyl (C=O) groups is 1. The summed E-state index contributed by atoms with van der Waals surface area (Å²) in [5.41, 5.74) is 2.09. The summed E-state index contributed by atoms with van der Waals surface area (Å²) in [6.07, 6.45) is 4.18. The zero-order valence-corrected chi connectivity index (χ0v) is 15.1. The Labute approximate surface area is 151 Å². The molecule has 0 aliphatic carbocycles. The molecule has 0 unspecified atom stereocenters. The van der Waals surface area contributed by atoms with Gasteiger partial charge < -0.3 is 5.32 Å². The lowest BCUT2D eigenvalue weighted by molar-refractivity contribution is 0.0939. The second-order valence-electron chi connectivity index (χ2n) is 5.93. The van der Waals surface area contributed by atoms with Crippen LogP contribution in [-0.2, 0) is 9.84 Å². The summed E-state index contributed by atoms with van der Waals surface area (Å²) in [7, 11) is -3.36. The molecule has 8 heteroatoms. The van der Waals surface area contributed by atoms with Crippen molar-refractivity contribution in [2.45, 2.75) is 17.9 Å². The minimum atomic E-state index is -3.36. The van der Waals surface area contributed by atoms with Crippen LogP contribution in [0.4, 0.5) is 0 Å². The van der Waals surface area contributed by atoms with Crippen LogP contribution in [0, 0.1) is 0 Å². The number of nitrogens with one attached hydrogen (secondary N) is 1. The molecule has 134 valence electrons. The van der Waals surface area contributed by atoms with Crippen molar-refractivity contribution >= 4 is 15.7 Å². The minimum absolute atomic E-state index is 0.120. The van der Waals surface area contributed by atoms with Gasteiger partial charge in [0.1, 0.15) is 12.7 Å². The van der Waals surface area contributed by atoms with Crippen molar-refractivity contribution in [3.05, 3.63) is 72.3 Å². The SMILES string of the molecule is C[C@H](NC(=O)c1cccc(S(C)(=O)=O)c1)c1ccc(-n2cncn2)cc1. The number of hydrogen-bond acceptors (Lipinski definition) is 5. The Hall–Kier alpha value is -3.00. The molecule has 0 fully saturated rings. The van der Waals surface area contributed by atoms with E-state index in [0.29, 0.717) is 5.56 Å². The average molecular weight is 370 g/mol. The van der Waals surface area contributed by atoms with Gasteiger partial charge in [0.15, 0.2) is 9.84 Å². The van der Waals surface area contributed by atoms with Gasteiger partial charge in [-0.1, -0.05) is 18.2 Å². The van der Waals surface area contributed by atoms with E-state index in [2.05, 4.69) is 15.4 Å². The van der Waals surface area contributed by atoms with E-state index in [1.807, 2.05) is 31.2 Å². The molecule has 3 aromatic rings. The monoisotopic (exact) mass is 370 g/mol. The summed E-state index contributed by atoms with van der Waals surface area (Å²) in [6.45, 7) is 1.86. The molecule has 0 bridgehead atoms. The number of nitrogens with zero attached hydrogens (tertiary/aromatic N) is 3. The number of amides is 1. The number of rotatable bonds is 5. The molecule has 0 radical (unpaired) electrons. The maximum atomic E-state index is 12.4. The highest BCUT2D eigenvalue weighted by Gasteiger charge is 2.14. The fourth-order valence-electron chi connectivity index (χ4n) is 2.49. The maximum absolute atomic E-state index is 12.4. The van der Waals surface area contributed by atoms with Crippen LogP contribution in [-0.4, -0.2) is 35.3 Å². The van der Waals surface area contributed by atoms with Crippen molar-refractivity contribution in [1.29, 1.82) is 0 Å². The van der Waals surface area contributed by atoms with E-state index in [1.165, 1.54) is 18.5 Å². The maximum Gasteiger partial charge on any atom is 0.251 e. The molecule has 2 aromatic carbocycles. The highest BCUT2D eigenvalue weighted by atomic mass is 32.2. The molecule has 0 aliphatic heterocycles. The first kappa shape index (κ1) is 17.8. The molecule has 1 atom stereocenters. The molecule has 7 nitrogen and oxygen atoms in total. The largest absolute Gasteiger partial charge is 0.346 e. The first-order valence-electron chi connectivity index (χ1n) is 7.90. The summed E-state index contributed by atoms with van der Waals surface area (Å²) < 4.78 is 24.9. The minimum Gasteiger partial charge on any atom is -0.346 e. The summed E-state index contributed by atoms with van der Waals surface area (Å²) >= 11 is 0. The quantitative estimate of drug-likeness (QED) is 0.743. The van der Waals surface area contributed by atoms with Crippen LogP contribution < -0.4 is 5.32 Å². The summed E-state index contributed by atoms with van der Waals surface area (Å²) in [4.78, 5) is 16.5. The summed E-state index contributed by atoms with van der Waals surface area (Å²) in [5, 5.41) is 6.94. The third-order valence-electron chi connectivity index (χ3n) is 3.95. The Balaban J connectivity index is 1.73.